The number of amides is 1. The zero-order chi connectivity index (χ0) is 17.0. The van der Waals surface area contributed by atoms with Crippen LogP contribution in [0.3, 0.4) is 0 Å². The second-order valence-corrected chi connectivity index (χ2v) is 6.65. The Hall–Kier alpha value is -2.11. The van der Waals surface area contributed by atoms with Crippen molar-refractivity contribution in [3.63, 3.8) is 0 Å². The summed E-state index contributed by atoms with van der Waals surface area (Å²) >= 11 is 0. The van der Waals surface area contributed by atoms with Crippen LogP contribution in [0.5, 0.6) is 5.75 Å². The highest BCUT2D eigenvalue weighted by Crippen LogP contribution is 2.26. The molecule has 128 valence electrons. The van der Waals surface area contributed by atoms with Gasteiger partial charge in [0.2, 0.25) is 0 Å². The van der Waals surface area contributed by atoms with Crippen LogP contribution in [0.15, 0.2) is 18.2 Å². The van der Waals surface area contributed by atoms with Crippen LogP contribution in [0.25, 0.3) is 0 Å². The van der Waals surface area contributed by atoms with Crippen molar-refractivity contribution in [3.05, 3.63) is 18.2 Å². The molecular formula is C17H27N3O3. The molecule has 0 aromatic heterocycles. The van der Waals surface area contributed by atoms with Crippen molar-refractivity contribution < 1.29 is 14.3 Å². The van der Waals surface area contributed by atoms with E-state index < -0.39 is 5.60 Å². The number of rotatable bonds is 3. The van der Waals surface area contributed by atoms with Gasteiger partial charge in [-0.3, -0.25) is 0 Å². The summed E-state index contributed by atoms with van der Waals surface area (Å²) in [6, 6.07) is 5.75. The highest BCUT2D eigenvalue weighted by atomic mass is 16.6. The van der Waals surface area contributed by atoms with Crippen LogP contribution in [0.4, 0.5) is 16.2 Å². The molecule has 0 atom stereocenters. The van der Waals surface area contributed by atoms with Crippen molar-refractivity contribution in [1.82, 2.24) is 4.90 Å². The van der Waals surface area contributed by atoms with Crippen molar-refractivity contribution in [3.8, 4) is 5.75 Å². The molecule has 6 nitrogen and oxygen atoms in total. The fourth-order valence-corrected chi connectivity index (χ4v) is 2.51. The number of anilines is 2. The monoisotopic (exact) mass is 321 g/mol. The van der Waals surface area contributed by atoms with Crippen molar-refractivity contribution in [2.75, 3.05) is 43.4 Å². The van der Waals surface area contributed by atoms with Crippen LogP contribution in [-0.2, 0) is 4.74 Å². The summed E-state index contributed by atoms with van der Waals surface area (Å²) in [5, 5.41) is 0. The van der Waals surface area contributed by atoms with E-state index >= 15 is 0 Å². The van der Waals surface area contributed by atoms with Crippen LogP contribution < -0.4 is 15.4 Å². The quantitative estimate of drug-likeness (QED) is 0.867. The lowest BCUT2D eigenvalue weighted by Crippen LogP contribution is -2.50. The molecule has 2 N–H and O–H groups in total. The van der Waals surface area contributed by atoms with E-state index in [0.717, 1.165) is 24.5 Å². The van der Waals surface area contributed by atoms with Crippen molar-refractivity contribution in [1.29, 1.82) is 0 Å². The number of nitrogen functional groups attached to an aromatic ring is 1. The third-order valence-electron chi connectivity index (χ3n) is 3.52. The van der Waals surface area contributed by atoms with E-state index in [1.165, 1.54) is 0 Å². The number of carbonyl (C=O) groups excluding carboxylic acids is 1. The van der Waals surface area contributed by atoms with Gasteiger partial charge in [-0.2, -0.15) is 0 Å². The zero-order valence-electron chi connectivity index (χ0n) is 14.5. The minimum Gasteiger partial charge on any atom is -0.494 e. The Kier molecular flexibility index (Phi) is 5.23. The van der Waals surface area contributed by atoms with Gasteiger partial charge in [0.15, 0.2) is 0 Å². The molecule has 1 aliphatic rings. The molecular weight excluding hydrogens is 294 g/mol. The average molecular weight is 321 g/mol. The van der Waals surface area contributed by atoms with E-state index in [1.807, 2.05) is 45.9 Å². The molecule has 0 bridgehead atoms. The topological polar surface area (TPSA) is 68.0 Å². The SMILES string of the molecule is CCOc1cc(N)cc(N2CCN(C(=O)OC(C)(C)C)CC2)c1. The lowest BCUT2D eigenvalue weighted by atomic mass is 10.2. The molecule has 1 aromatic carbocycles. The molecule has 1 aliphatic heterocycles. The number of carbonyl (C=O) groups is 1. The Morgan fingerprint density at radius 1 is 1.17 bits per heavy atom. The van der Waals surface area contributed by atoms with E-state index in [1.54, 1.807) is 4.90 Å². The predicted molar refractivity (Wildman–Crippen MR) is 92.0 cm³/mol. The van der Waals surface area contributed by atoms with Gasteiger partial charge in [0.25, 0.3) is 0 Å². The number of ether oxygens (including phenoxy) is 2. The second kappa shape index (κ2) is 6.98. The molecule has 0 unspecified atom stereocenters. The highest BCUT2D eigenvalue weighted by molar-refractivity contribution is 5.69. The van der Waals surface area contributed by atoms with E-state index in [0.29, 0.717) is 25.4 Å². The van der Waals surface area contributed by atoms with Crippen molar-refractivity contribution in [2.24, 2.45) is 0 Å². The lowest BCUT2D eigenvalue weighted by Gasteiger charge is -2.37. The Bertz CT molecular complexity index is 547. The molecule has 0 radical (unpaired) electrons. The van der Waals surface area contributed by atoms with Crippen molar-refractivity contribution in [2.45, 2.75) is 33.3 Å². The smallest absolute Gasteiger partial charge is 0.410 e. The highest BCUT2D eigenvalue weighted by Gasteiger charge is 2.26. The van der Waals surface area contributed by atoms with Crippen molar-refractivity contribution >= 4 is 17.5 Å². The van der Waals surface area contributed by atoms with E-state index in [9.17, 15) is 4.79 Å². The number of nitrogens with two attached hydrogens (primary N) is 1. The summed E-state index contributed by atoms with van der Waals surface area (Å²) in [4.78, 5) is 16.1. The normalized spacial score (nSPS) is 15.5. The van der Waals surface area contributed by atoms with Gasteiger partial charge in [-0.1, -0.05) is 0 Å². The van der Waals surface area contributed by atoms with Crippen LogP contribution in [0.2, 0.25) is 0 Å². The summed E-state index contributed by atoms with van der Waals surface area (Å²) in [5.41, 5.74) is 7.19. The van der Waals surface area contributed by atoms with Crippen LogP contribution in [0, 0.1) is 0 Å². The number of piperazine rings is 1. The molecule has 1 amide bonds. The van der Waals surface area contributed by atoms with Crippen LogP contribution in [-0.4, -0.2) is 49.4 Å². The Morgan fingerprint density at radius 2 is 1.83 bits per heavy atom. The molecule has 1 fully saturated rings. The Balaban J connectivity index is 1.98. The summed E-state index contributed by atoms with van der Waals surface area (Å²) in [5.74, 6) is 0.775. The third kappa shape index (κ3) is 4.94. The van der Waals surface area contributed by atoms with E-state index in [2.05, 4.69) is 4.90 Å². The van der Waals surface area contributed by atoms with Gasteiger partial charge in [0.05, 0.1) is 6.61 Å². The average Bonchev–Trinajstić information content (AvgIpc) is 2.45. The molecule has 0 saturated carbocycles. The summed E-state index contributed by atoms with van der Waals surface area (Å²) in [7, 11) is 0. The zero-order valence-corrected chi connectivity index (χ0v) is 14.5. The van der Waals surface area contributed by atoms with Gasteiger partial charge in [-0.05, 0) is 33.8 Å². The first-order valence-electron chi connectivity index (χ1n) is 8.05. The largest absolute Gasteiger partial charge is 0.494 e. The predicted octanol–water partition coefficient (Wildman–Crippen LogP) is 2.72. The molecule has 1 saturated heterocycles. The number of benzene rings is 1. The first-order valence-corrected chi connectivity index (χ1v) is 8.05. The van der Waals surface area contributed by atoms with Gasteiger partial charge in [-0.15, -0.1) is 0 Å². The molecule has 2 rings (SSSR count). The lowest BCUT2D eigenvalue weighted by molar-refractivity contribution is 0.0240. The Labute approximate surface area is 138 Å². The van der Waals surface area contributed by atoms with Gasteiger partial charge >= 0.3 is 6.09 Å². The summed E-state index contributed by atoms with van der Waals surface area (Å²) in [6.07, 6.45) is -0.250. The summed E-state index contributed by atoms with van der Waals surface area (Å²) in [6.45, 7) is 10.9. The molecule has 6 heteroatoms. The molecule has 1 heterocycles. The number of hydrogen-bond acceptors (Lipinski definition) is 5. The third-order valence-corrected chi connectivity index (χ3v) is 3.52. The van der Waals surface area contributed by atoms with Gasteiger partial charge in [-0.25, -0.2) is 4.79 Å². The maximum atomic E-state index is 12.1. The van der Waals surface area contributed by atoms with Crippen LogP contribution >= 0.6 is 0 Å². The first-order chi connectivity index (χ1) is 10.8. The van der Waals surface area contributed by atoms with E-state index in [4.69, 9.17) is 15.2 Å². The molecule has 0 aliphatic carbocycles. The molecule has 0 spiro atoms. The Morgan fingerprint density at radius 3 is 2.39 bits per heavy atom. The maximum absolute atomic E-state index is 12.1. The maximum Gasteiger partial charge on any atom is 0.410 e. The van der Waals surface area contributed by atoms with E-state index in [-0.39, 0.29) is 6.09 Å². The molecule has 1 aromatic rings. The van der Waals surface area contributed by atoms with Gasteiger partial charge < -0.3 is 25.0 Å². The fourth-order valence-electron chi connectivity index (χ4n) is 2.51. The van der Waals surface area contributed by atoms with Crippen LogP contribution in [0.1, 0.15) is 27.7 Å². The minimum absolute atomic E-state index is 0.250. The molecule has 23 heavy (non-hydrogen) atoms. The fraction of sp³-hybridized carbons (Fsp3) is 0.588. The second-order valence-electron chi connectivity index (χ2n) is 6.65. The van der Waals surface area contributed by atoms with Gasteiger partial charge in [0.1, 0.15) is 11.4 Å². The standard InChI is InChI=1S/C17H27N3O3/c1-5-22-15-11-13(18)10-14(12-15)19-6-8-20(9-7-19)16(21)23-17(2,3)4/h10-12H,5-9,18H2,1-4H3. The first kappa shape index (κ1) is 17.2. The minimum atomic E-state index is -0.464. The van der Waals surface area contributed by atoms with Gasteiger partial charge in [0, 0.05) is 49.7 Å². The number of nitrogens with zero attached hydrogens (tertiary/aromatic N) is 2. The summed E-state index contributed by atoms with van der Waals surface area (Å²) < 4.78 is 11.0. The number of hydrogen-bond donors (Lipinski definition) is 1.